The van der Waals surface area contributed by atoms with Gasteiger partial charge in [-0.25, -0.2) is 9.48 Å². The fourth-order valence-corrected chi connectivity index (χ4v) is 1.89. The summed E-state index contributed by atoms with van der Waals surface area (Å²) in [7, 11) is 0. The minimum atomic E-state index is -1.02. The molecule has 0 saturated heterocycles. The Bertz CT molecular complexity index is 753. The summed E-state index contributed by atoms with van der Waals surface area (Å²) < 4.78 is 1.64. The predicted molar refractivity (Wildman–Crippen MR) is 71.5 cm³/mol. The van der Waals surface area contributed by atoms with Crippen LogP contribution in [0, 0.1) is 0 Å². The fourth-order valence-electron chi connectivity index (χ4n) is 1.89. The standard InChI is InChI=1S/C14H10N4O2/c19-14(20)11-6-10(7-15-8-11)13-9-16-17-18(13)12-4-2-1-3-5-12/h1-9H,(H,19,20). The summed E-state index contributed by atoms with van der Waals surface area (Å²) in [6.45, 7) is 0. The van der Waals surface area contributed by atoms with Gasteiger partial charge in [-0.2, -0.15) is 0 Å². The topological polar surface area (TPSA) is 80.9 Å². The van der Waals surface area contributed by atoms with Crippen LogP contribution in [0.15, 0.2) is 55.0 Å². The number of aromatic nitrogens is 4. The maximum absolute atomic E-state index is 11.0. The van der Waals surface area contributed by atoms with E-state index in [2.05, 4.69) is 15.3 Å². The summed E-state index contributed by atoms with van der Waals surface area (Å²) in [6, 6.07) is 11.0. The highest BCUT2D eigenvalue weighted by Crippen LogP contribution is 2.21. The van der Waals surface area contributed by atoms with Crippen LogP contribution in [0.5, 0.6) is 0 Å². The quantitative estimate of drug-likeness (QED) is 0.784. The number of benzene rings is 1. The van der Waals surface area contributed by atoms with Gasteiger partial charge in [-0.05, 0) is 18.2 Å². The van der Waals surface area contributed by atoms with Gasteiger partial charge in [-0.3, -0.25) is 4.98 Å². The molecule has 1 aromatic carbocycles. The van der Waals surface area contributed by atoms with Crippen molar-refractivity contribution < 1.29 is 9.90 Å². The molecule has 0 bridgehead atoms. The Balaban J connectivity index is 2.10. The molecular formula is C14H10N4O2. The third-order valence-electron chi connectivity index (χ3n) is 2.83. The number of hydrogen-bond donors (Lipinski definition) is 1. The number of hydrogen-bond acceptors (Lipinski definition) is 4. The van der Waals surface area contributed by atoms with Crippen molar-refractivity contribution >= 4 is 5.97 Å². The van der Waals surface area contributed by atoms with Gasteiger partial charge in [0.1, 0.15) is 0 Å². The van der Waals surface area contributed by atoms with E-state index in [4.69, 9.17) is 5.11 Å². The first kappa shape index (κ1) is 12.0. The molecule has 98 valence electrons. The highest BCUT2D eigenvalue weighted by atomic mass is 16.4. The number of rotatable bonds is 3. The molecule has 0 atom stereocenters. The molecule has 20 heavy (non-hydrogen) atoms. The summed E-state index contributed by atoms with van der Waals surface area (Å²) in [5.41, 5.74) is 2.31. The number of pyridine rings is 1. The van der Waals surface area contributed by atoms with Crippen LogP contribution in [-0.2, 0) is 0 Å². The zero-order valence-corrected chi connectivity index (χ0v) is 10.3. The Labute approximate surface area is 114 Å². The maximum Gasteiger partial charge on any atom is 0.337 e. The monoisotopic (exact) mass is 266 g/mol. The fraction of sp³-hybridized carbons (Fsp3) is 0. The van der Waals surface area contributed by atoms with Crippen molar-refractivity contribution in [3.05, 3.63) is 60.6 Å². The molecule has 0 fully saturated rings. The molecule has 6 nitrogen and oxygen atoms in total. The van der Waals surface area contributed by atoms with Crippen molar-refractivity contribution in [1.82, 2.24) is 20.0 Å². The predicted octanol–water partition coefficient (Wildman–Crippen LogP) is 2.03. The molecule has 0 amide bonds. The van der Waals surface area contributed by atoms with Gasteiger partial charge in [0.15, 0.2) is 0 Å². The van der Waals surface area contributed by atoms with Crippen LogP contribution < -0.4 is 0 Å². The molecule has 0 radical (unpaired) electrons. The lowest BCUT2D eigenvalue weighted by molar-refractivity contribution is 0.0696. The molecular weight excluding hydrogens is 256 g/mol. The van der Waals surface area contributed by atoms with Crippen LogP contribution in [0.1, 0.15) is 10.4 Å². The summed E-state index contributed by atoms with van der Waals surface area (Å²) in [4.78, 5) is 14.9. The number of aromatic carboxylic acids is 1. The van der Waals surface area contributed by atoms with Crippen molar-refractivity contribution in [3.8, 4) is 16.9 Å². The summed E-state index contributed by atoms with van der Waals surface area (Å²) in [5.74, 6) is -1.02. The van der Waals surface area contributed by atoms with Crippen LogP contribution in [0.2, 0.25) is 0 Å². The van der Waals surface area contributed by atoms with E-state index in [1.165, 1.54) is 6.20 Å². The molecule has 0 aliphatic heterocycles. The Kier molecular flexibility index (Phi) is 2.96. The van der Waals surface area contributed by atoms with Crippen molar-refractivity contribution in [3.63, 3.8) is 0 Å². The van der Waals surface area contributed by atoms with E-state index in [0.29, 0.717) is 11.3 Å². The van der Waals surface area contributed by atoms with E-state index in [1.807, 2.05) is 30.3 Å². The number of nitrogens with zero attached hydrogens (tertiary/aromatic N) is 4. The van der Waals surface area contributed by atoms with Gasteiger partial charge in [0.2, 0.25) is 0 Å². The van der Waals surface area contributed by atoms with Crippen LogP contribution in [0.4, 0.5) is 0 Å². The Morgan fingerprint density at radius 1 is 1.10 bits per heavy atom. The highest BCUT2D eigenvalue weighted by Gasteiger charge is 2.11. The molecule has 0 saturated carbocycles. The molecule has 1 N–H and O–H groups in total. The smallest absolute Gasteiger partial charge is 0.337 e. The molecule has 0 aliphatic carbocycles. The van der Waals surface area contributed by atoms with Gasteiger partial charge in [0.25, 0.3) is 0 Å². The first-order chi connectivity index (χ1) is 9.75. The molecule has 3 aromatic rings. The molecule has 0 aliphatic rings. The lowest BCUT2D eigenvalue weighted by Crippen LogP contribution is -2.01. The first-order valence-electron chi connectivity index (χ1n) is 5.90. The minimum Gasteiger partial charge on any atom is -0.478 e. The second kappa shape index (κ2) is 4.93. The first-order valence-corrected chi connectivity index (χ1v) is 5.90. The van der Waals surface area contributed by atoms with Crippen molar-refractivity contribution in [2.45, 2.75) is 0 Å². The molecule has 2 aromatic heterocycles. The Morgan fingerprint density at radius 2 is 1.90 bits per heavy atom. The number of carboxylic acid groups (broad SMARTS) is 1. The van der Waals surface area contributed by atoms with E-state index in [-0.39, 0.29) is 5.56 Å². The number of para-hydroxylation sites is 1. The average Bonchev–Trinajstić information content (AvgIpc) is 2.98. The minimum absolute atomic E-state index is 0.128. The average molecular weight is 266 g/mol. The van der Waals surface area contributed by atoms with E-state index in [9.17, 15) is 4.79 Å². The van der Waals surface area contributed by atoms with Crippen molar-refractivity contribution in [2.24, 2.45) is 0 Å². The largest absolute Gasteiger partial charge is 0.478 e. The normalized spacial score (nSPS) is 10.4. The summed E-state index contributed by atoms with van der Waals surface area (Å²) in [6.07, 6.45) is 4.47. The zero-order valence-electron chi connectivity index (χ0n) is 10.3. The van der Waals surface area contributed by atoms with Gasteiger partial charge in [-0.15, -0.1) is 5.10 Å². The third-order valence-corrected chi connectivity index (χ3v) is 2.83. The highest BCUT2D eigenvalue weighted by molar-refractivity contribution is 5.88. The lowest BCUT2D eigenvalue weighted by Gasteiger charge is -2.06. The molecule has 0 unspecified atom stereocenters. The SMILES string of the molecule is O=C(O)c1cncc(-c2cnnn2-c2ccccc2)c1. The van der Waals surface area contributed by atoms with E-state index >= 15 is 0 Å². The third kappa shape index (κ3) is 2.14. The van der Waals surface area contributed by atoms with E-state index in [0.717, 1.165) is 5.69 Å². The summed E-state index contributed by atoms with van der Waals surface area (Å²) in [5, 5.41) is 16.9. The lowest BCUT2D eigenvalue weighted by atomic mass is 10.1. The van der Waals surface area contributed by atoms with E-state index < -0.39 is 5.97 Å². The Morgan fingerprint density at radius 3 is 2.65 bits per heavy atom. The van der Waals surface area contributed by atoms with Crippen LogP contribution in [0.3, 0.4) is 0 Å². The van der Waals surface area contributed by atoms with Gasteiger partial charge < -0.3 is 5.11 Å². The van der Waals surface area contributed by atoms with Crippen molar-refractivity contribution in [1.29, 1.82) is 0 Å². The van der Waals surface area contributed by atoms with Crippen molar-refractivity contribution in [2.75, 3.05) is 0 Å². The summed E-state index contributed by atoms with van der Waals surface area (Å²) >= 11 is 0. The van der Waals surface area contributed by atoms with E-state index in [1.54, 1.807) is 23.1 Å². The second-order valence-corrected chi connectivity index (χ2v) is 4.13. The number of carboxylic acids is 1. The molecule has 3 rings (SSSR count). The molecule has 2 heterocycles. The molecule has 6 heteroatoms. The zero-order chi connectivity index (χ0) is 13.9. The van der Waals surface area contributed by atoms with Gasteiger partial charge in [-0.1, -0.05) is 23.4 Å². The van der Waals surface area contributed by atoms with Crippen LogP contribution >= 0.6 is 0 Å². The molecule has 0 spiro atoms. The van der Waals surface area contributed by atoms with Crippen LogP contribution in [-0.4, -0.2) is 31.1 Å². The second-order valence-electron chi connectivity index (χ2n) is 4.13. The van der Waals surface area contributed by atoms with Gasteiger partial charge in [0.05, 0.1) is 23.1 Å². The maximum atomic E-state index is 11.0. The number of carbonyl (C=O) groups is 1. The van der Waals surface area contributed by atoms with Crippen LogP contribution in [0.25, 0.3) is 16.9 Å². The Hall–Kier alpha value is -3.02. The van der Waals surface area contributed by atoms with Gasteiger partial charge in [0, 0.05) is 18.0 Å². The van der Waals surface area contributed by atoms with Gasteiger partial charge >= 0.3 is 5.97 Å².